The lowest BCUT2D eigenvalue weighted by molar-refractivity contribution is -0.0505. The maximum absolute atomic E-state index is 12.8. The molecule has 0 amide bonds. The average Bonchev–Trinajstić information content (AvgIpc) is 3.10. The largest absolute Gasteiger partial charge is 0.454 e. The molecule has 10 heteroatoms. The van der Waals surface area contributed by atoms with E-state index in [9.17, 15) is 13.9 Å². The molecule has 0 spiro atoms. The van der Waals surface area contributed by atoms with Gasteiger partial charge in [0.2, 0.25) is 6.79 Å². The Kier molecular flexibility index (Phi) is 12.0. The number of nitrogens with zero attached hydrogens (tertiary/aromatic N) is 1. The molecule has 166 valence electrons. The highest BCUT2D eigenvalue weighted by molar-refractivity contribution is 14.0. The van der Waals surface area contributed by atoms with Gasteiger partial charge in [-0.2, -0.15) is 8.78 Å². The summed E-state index contributed by atoms with van der Waals surface area (Å²) in [6.45, 7) is 2.76. The van der Waals surface area contributed by atoms with Crippen molar-refractivity contribution >= 4 is 29.9 Å². The van der Waals surface area contributed by atoms with Crippen molar-refractivity contribution < 1.29 is 28.1 Å². The van der Waals surface area contributed by atoms with Crippen LogP contribution >= 0.6 is 24.0 Å². The smallest absolute Gasteiger partial charge is 0.387 e. The lowest BCUT2D eigenvalue weighted by Crippen LogP contribution is -2.40. The third-order valence-corrected chi connectivity index (χ3v) is 4.32. The van der Waals surface area contributed by atoms with Crippen LogP contribution in [-0.2, 0) is 6.54 Å². The summed E-state index contributed by atoms with van der Waals surface area (Å²) >= 11 is 0. The molecule has 7 nitrogen and oxygen atoms in total. The quantitative estimate of drug-likeness (QED) is 0.231. The molecule has 0 saturated heterocycles. The highest BCUT2D eigenvalue weighted by Gasteiger charge is 2.20. The van der Waals surface area contributed by atoms with E-state index in [1.54, 1.807) is 6.07 Å². The number of rotatable bonds is 11. The molecule has 2 rings (SSSR count). The van der Waals surface area contributed by atoms with Gasteiger partial charge in [0.15, 0.2) is 17.5 Å². The molecule has 1 aromatic rings. The highest BCUT2D eigenvalue weighted by atomic mass is 127. The van der Waals surface area contributed by atoms with Gasteiger partial charge in [-0.25, -0.2) is 4.99 Å². The van der Waals surface area contributed by atoms with E-state index in [1.807, 2.05) is 6.92 Å². The van der Waals surface area contributed by atoms with Crippen LogP contribution in [-0.4, -0.2) is 44.2 Å². The first-order valence-electron chi connectivity index (χ1n) is 9.57. The predicted octanol–water partition coefficient (Wildman–Crippen LogP) is 3.49. The van der Waals surface area contributed by atoms with Crippen LogP contribution in [0.4, 0.5) is 8.78 Å². The van der Waals surface area contributed by atoms with E-state index < -0.39 is 6.61 Å². The molecule has 1 aliphatic heterocycles. The van der Waals surface area contributed by atoms with Crippen LogP contribution < -0.4 is 24.8 Å². The molecule has 3 N–H and O–H groups in total. The van der Waals surface area contributed by atoms with Crippen LogP contribution in [0.15, 0.2) is 17.1 Å². The second-order valence-electron chi connectivity index (χ2n) is 6.43. The highest BCUT2D eigenvalue weighted by Crippen LogP contribution is 2.39. The van der Waals surface area contributed by atoms with Crippen LogP contribution in [0.3, 0.4) is 0 Å². The predicted molar refractivity (Wildman–Crippen MR) is 118 cm³/mol. The number of hydrogen-bond donors (Lipinski definition) is 3. The number of fused-ring (bicyclic) bond motifs is 1. The minimum atomic E-state index is -2.94. The van der Waals surface area contributed by atoms with Gasteiger partial charge in [-0.3, -0.25) is 0 Å². The summed E-state index contributed by atoms with van der Waals surface area (Å²) in [5, 5.41) is 15.6. The Bertz CT molecular complexity index is 644. The average molecular weight is 529 g/mol. The number of alkyl halides is 2. The van der Waals surface area contributed by atoms with Crippen LogP contribution in [0.1, 0.15) is 38.7 Å². The summed E-state index contributed by atoms with van der Waals surface area (Å²) in [6, 6.07) is 3.01. The molecule has 0 aromatic heterocycles. The molecular weight excluding hydrogens is 499 g/mol. The van der Waals surface area contributed by atoms with Crippen LogP contribution in [0.5, 0.6) is 17.2 Å². The van der Waals surface area contributed by atoms with E-state index in [4.69, 9.17) is 9.47 Å². The zero-order valence-corrected chi connectivity index (χ0v) is 19.1. The Balaban J connectivity index is 0.00000420. The van der Waals surface area contributed by atoms with Crippen LogP contribution in [0.2, 0.25) is 0 Å². The summed E-state index contributed by atoms with van der Waals surface area (Å²) < 4.78 is 40.7. The van der Waals surface area contributed by atoms with Gasteiger partial charge in [-0.1, -0.05) is 13.3 Å². The zero-order valence-electron chi connectivity index (χ0n) is 16.7. The van der Waals surface area contributed by atoms with Gasteiger partial charge in [-0.05, 0) is 31.7 Å². The minimum Gasteiger partial charge on any atom is -0.454 e. The van der Waals surface area contributed by atoms with Crippen LogP contribution in [0.25, 0.3) is 0 Å². The molecule has 0 fully saturated rings. The molecule has 0 bridgehead atoms. The maximum atomic E-state index is 12.8. The van der Waals surface area contributed by atoms with E-state index in [1.165, 1.54) is 6.07 Å². The van der Waals surface area contributed by atoms with Gasteiger partial charge in [-0.15, -0.1) is 24.0 Å². The van der Waals surface area contributed by atoms with Gasteiger partial charge < -0.3 is 30.0 Å². The van der Waals surface area contributed by atoms with Crippen molar-refractivity contribution in [2.45, 2.75) is 46.3 Å². The molecular formula is C19H30F2IN3O4. The zero-order chi connectivity index (χ0) is 20.4. The van der Waals surface area contributed by atoms with Gasteiger partial charge in [0.1, 0.15) is 5.75 Å². The van der Waals surface area contributed by atoms with E-state index >= 15 is 0 Å². The van der Waals surface area contributed by atoms with Crippen molar-refractivity contribution in [1.82, 2.24) is 10.6 Å². The third kappa shape index (κ3) is 8.37. The lowest BCUT2D eigenvalue weighted by Gasteiger charge is -2.18. The first kappa shape index (κ1) is 25.5. The fourth-order valence-electron chi connectivity index (χ4n) is 2.98. The summed E-state index contributed by atoms with van der Waals surface area (Å²) in [6.07, 6.45) is 2.75. The lowest BCUT2D eigenvalue weighted by atomic mass is 10.0. The molecule has 1 aliphatic rings. The Hall–Kier alpha value is -1.56. The summed E-state index contributed by atoms with van der Waals surface area (Å²) in [5.41, 5.74) is 0.474. The SMILES string of the molecule is CCCC(CCO)CNC(=NCc1cc2c(cc1OC(F)F)OCO2)NCC.I. The monoisotopic (exact) mass is 529 g/mol. The van der Waals surface area contributed by atoms with Gasteiger partial charge in [0, 0.05) is 31.3 Å². The third-order valence-electron chi connectivity index (χ3n) is 4.32. The number of halogens is 3. The topological polar surface area (TPSA) is 84.3 Å². The Morgan fingerprint density at radius 1 is 1.21 bits per heavy atom. The summed E-state index contributed by atoms with van der Waals surface area (Å²) in [5.74, 6) is 1.78. The van der Waals surface area contributed by atoms with Gasteiger partial charge in [0.05, 0.1) is 6.54 Å². The minimum absolute atomic E-state index is 0. The molecule has 0 aliphatic carbocycles. The fraction of sp³-hybridized carbons (Fsp3) is 0.632. The fourth-order valence-corrected chi connectivity index (χ4v) is 2.98. The van der Waals surface area contributed by atoms with Gasteiger partial charge in [0.25, 0.3) is 0 Å². The van der Waals surface area contributed by atoms with E-state index in [2.05, 4.69) is 27.3 Å². The standard InChI is InChI=1S/C19H29F2N3O4.HI/c1-3-5-13(6-7-25)10-23-19(22-4-2)24-11-14-8-16-17(27-12-26-16)9-15(14)28-18(20)21;/h8-9,13,18,25H,3-7,10-12H2,1-2H3,(H2,22,23,24);1H. The Morgan fingerprint density at radius 2 is 1.93 bits per heavy atom. The number of nitrogens with one attached hydrogen (secondary N) is 2. The molecule has 1 unspecified atom stereocenters. The van der Waals surface area contributed by atoms with Crippen molar-refractivity contribution in [2.24, 2.45) is 10.9 Å². The Morgan fingerprint density at radius 3 is 2.55 bits per heavy atom. The van der Waals surface area contributed by atoms with E-state index in [0.29, 0.717) is 42.0 Å². The second kappa shape index (κ2) is 13.6. The van der Waals surface area contributed by atoms with Crippen LogP contribution in [0, 0.1) is 5.92 Å². The molecule has 0 saturated carbocycles. The van der Waals surface area contributed by atoms with Gasteiger partial charge >= 0.3 is 6.61 Å². The van der Waals surface area contributed by atoms with Crippen molar-refractivity contribution in [3.05, 3.63) is 17.7 Å². The summed E-state index contributed by atoms with van der Waals surface area (Å²) in [4.78, 5) is 4.48. The number of ether oxygens (including phenoxy) is 3. The molecule has 0 radical (unpaired) electrons. The first-order chi connectivity index (χ1) is 13.6. The van der Waals surface area contributed by atoms with E-state index in [-0.39, 0.29) is 49.7 Å². The second-order valence-corrected chi connectivity index (χ2v) is 6.43. The number of aliphatic imine (C=N–C) groups is 1. The molecule has 1 atom stereocenters. The Labute approximate surface area is 187 Å². The van der Waals surface area contributed by atoms with Crippen molar-refractivity contribution in [3.8, 4) is 17.2 Å². The summed E-state index contributed by atoms with van der Waals surface area (Å²) in [7, 11) is 0. The molecule has 1 aromatic carbocycles. The maximum Gasteiger partial charge on any atom is 0.387 e. The van der Waals surface area contributed by atoms with Crippen molar-refractivity contribution in [2.75, 3.05) is 26.5 Å². The van der Waals surface area contributed by atoms with Crippen molar-refractivity contribution in [3.63, 3.8) is 0 Å². The number of benzene rings is 1. The molecule has 29 heavy (non-hydrogen) atoms. The number of hydrogen-bond acceptors (Lipinski definition) is 5. The normalized spacial score (nSPS) is 13.8. The number of aliphatic hydroxyl groups excluding tert-OH is 1. The van der Waals surface area contributed by atoms with E-state index in [0.717, 1.165) is 19.3 Å². The molecule has 1 heterocycles. The number of aliphatic hydroxyl groups is 1. The van der Waals surface area contributed by atoms with Crippen molar-refractivity contribution in [1.29, 1.82) is 0 Å². The first-order valence-corrected chi connectivity index (χ1v) is 9.57. The number of guanidine groups is 1.